The minimum Gasteiger partial charge on any atom is -0.466 e. The first-order chi connectivity index (χ1) is 11.4. The van der Waals surface area contributed by atoms with Crippen molar-refractivity contribution >= 4 is 11.9 Å². The number of oxazole rings is 1. The van der Waals surface area contributed by atoms with E-state index < -0.39 is 0 Å². The van der Waals surface area contributed by atoms with Crippen molar-refractivity contribution in [3.8, 4) is 0 Å². The van der Waals surface area contributed by atoms with Gasteiger partial charge in [0.2, 0.25) is 5.89 Å². The topological polar surface area (TPSA) is 88.8 Å². The highest BCUT2D eigenvalue weighted by Gasteiger charge is 2.18. The number of hydrogen-bond donors (Lipinski definition) is 2. The number of aromatic nitrogens is 1. The van der Waals surface area contributed by atoms with Crippen molar-refractivity contribution in [3.63, 3.8) is 0 Å². The number of guanidine groups is 1. The lowest BCUT2D eigenvalue weighted by Gasteiger charge is -2.13. The van der Waals surface area contributed by atoms with Crippen LogP contribution in [0.15, 0.2) is 15.6 Å². The third kappa shape index (κ3) is 7.48. The fraction of sp³-hybridized carbons (Fsp3) is 0.706. The van der Waals surface area contributed by atoms with Gasteiger partial charge in [-0.05, 0) is 20.3 Å². The fourth-order valence-electron chi connectivity index (χ4n) is 1.89. The van der Waals surface area contributed by atoms with E-state index in [0.717, 1.165) is 12.3 Å². The Hall–Kier alpha value is -2.05. The molecular weight excluding hydrogens is 308 g/mol. The summed E-state index contributed by atoms with van der Waals surface area (Å²) in [5.41, 5.74) is -0.0647. The highest BCUT2D eigenvalue weighted by atomic mass is 16.5. The molecule has 0 aromatic carbocycles. The Morgan fingerprint density at radius 1 is 1.33 bits per heavy atom. The standard InChI is InChI=1S/C17H30N4O3/c1-6-18-16(19-10-8-9-15(22)23-7-2)21-12-14-20-11-13(24-14)17(3,4)5/h11H,6-10,12H2,1-5H3,(H2,18,19,21). The SMILES string of the molecule is CCNC(=NCc1ncc(C(C)(C)C)o1)NCCCC(=O)OCC. The van der Waals surface area contributed by atoms with E-state index >= 15 is 0 Å². The molecule has 0 fully saturated rings. The first-order valence-electron chi connectivity index (χ1n) is 8.49. The highest BCUT2D eigenvalue weighted by Crippen LogP contribution is 2.22. The van der Waals surface area contributed by atoms with Gasteiger partial charge in [-0.3, -0.25) is 4.79 Å². The van der Waals surface area contributed by atoms with E-state index in [-0.39, 0.29) is 11.4 Å². The van der Waals surface area contributed by atoms with Gasteiger partial charge in [-0.15, -0.1) is 0 Å². The number of aliphatic imine (C=N–C) groups is 1. The summed E-state index contributed by atoms with van der Waals surface area (Å²) in [4.78, 5) is 20.0. The summed E-state index contributed by atoms with van der Waals surface area (Å²) in [6, 6.07) is 0. The van der Waals surface area contributed by atoms with Crippen molar-refractivity contribution in [2.24, 2.45) is 4.99 Å². The molecule has 1 aromatic rings. The van der Waals surface area contributed by atoms with Gasteiger partial charge in [0.1, 0.15) is 12.3 Å². The zero-order valence-electron chi connectivity index (χ0n) is 15.4. The predicted octanol–water partition coefficient (Wildman–Crippen LogP) is 2.37. The van der Waals surface area contributed by atoms with E-state index in [0.29, 0.717) is 44.4 Å². The normalized spacial score (nSPS) is 12.1. The van der Waals surface area contributed by atoms with Crippen LogP contribution in [0.1, 0.15) is 59.1 Å². The minimum atomic E-state index is -0.171. The average Bonchev–Trinajstić information content (AvgIpc) is 2.98. The van der Waals surface area contributed by atoms with Crippen LogP contribution >= 0.6 is 0 Å². The van der Waals surface area contributed by atoms with Gasteiger partial charge in [0.05, 0.1) is 12.8 Å². The monoisotopic (exact) mass is 338 g/mol. The molecule has 0 aliphatic heterocycles. The summed E-state index contributed by atoms with van der Waals surface area (Å²) in [6.07, 6.45) is 2.84. The molecule has 0 saturated heterocycles. The Morgan fingerprint density at radius 2 is 2.08 bits per heavy atom. The van der Waals surface area contributed by atoms with E-state index in [2.05, 4.69) is 41.4 Å². The number of nitrogens with zero attached hydrogens (tertiary/aromatic N) is 2. The van der Waals surface area contributed by atoms with Gasteiger partial charge in [-0.1, -0.05) is 20.8 Å². The third-order valence-electron chi connectivity index (χ3n) is 3.16. The summed E-state index contributed by atoms with van der Waals surface area (Å²) < 4.78 is 10.6. The number of nitrogens with one attached hydrogen (secondary N) is 2. The molecule has 0 amide bonds. The quantitative estimate of drug-likeness (QED) is 0.327. The van der Waals surface area contributed by atoms with E-state index in [4.69, 9.17) is 9.15 Å². The predicted molar refractivity (Wildman–Crippen MR) is 93.9 cm³/mol. The van der Waals surface area contributed by atoms with Crippen molar-refractivity contribution in [1.82, 2.24) is 15.6 Å². The summed E-state index contributed by atoms with van der Waals surface area (Å²) in [7, 11) is 0. The number of rotatable bonds is 8. The molecule has 1 heterocycles. The number of carbonyl (C=O) groups excluding carboxylic acids is 1. The van der Waals surface area contributed by atoms with Crippen LogP contribution in [0.3, 0.4) is 0 Å². The number of carbonyl (C=O) groups is 1. The van der Waals surface area contributed by atoms with Gasteiger partial charge < -0.3 is 19.8 Å². The van der Waals surface area contributed by atoms with Gasteiger partial charge in [-0.25, -0.2) is 9.98 Å². The highest BCUT2D eigenvalue weighted by molar-refractivity contribution is 5.79. The maximum absolute atomic E-state index is 11.3. The van der Waals surface area contributed by atoms with Crippen LogP contribution in [0.5, 0.6) is 0 Å². The van der Waals surface area contributed by atoms with Crippen molar-refractivity contribution in [3.05, 3.63) is 17.8 Å². The van der Waals surface area contributed by atoms with Crippen LogP contribution in [-0.4, -0.2) is 36.6 Å². The largest absolute Gasteiger partial charge is 0.466 e. The summed E-state index contributed by atoms with van der Waals surface area (Å²) >= 11 is 0. The molecule has 24 heavy (non-hydrogen) atoms. The van der Waals surface area contributed by atoms with E-state index in [9.17, 15) is 4.79 Å². The van der Waals surface area contributed by atoms with Gasteiger partial charge in [0, 0.05) is 24.9 Å². The number of hydrogen-bond acceptors (Lipinski definition) is 5. The zero-order chi connectivity index (χ0) is 18.0. The lowest BCUT2D eigenvalue weighted by Crippen LogP contribution is -2.37. The second kappa shape index (κ2) is 9.95. The summed E-state index contributed by atoms with van der Waals surface area (Å²) in [5.74, 6) is 1.94. The molecule has 0 aliphatic carbocycles. The molecule has 7 heteroatoms. The summed E-state index contributed by atoms with van der Waals surface area (Å²) in [5, 5.41) is 6.34. The van der Waals surface area contributed by atoms with E-state index in [1.54, 1.807) is 13.1 Å². The van der Waals surface area contributed by atoms with Crippen LogP contribution in [0.2, 0.25) is 0 Å². The van der Waals surface area contributed by atoms with Crippen molar-refractivity contribution in [2.45, 2.75) is 59.4 Å². The maximum Gasteiger partial charge on any atom is 0.305 e. The second-order valence-electron chi connectivity index (χ2n) is 6.40. The van der Waals surface area contributed by atoms with E-state index in [1.807, 2.05) is 6.92 Å². The van der Waals surface area contributed by atoms with Gasteiger partial charge in [0.15, 0.2) is 5.96 Å². The van der Waals surface area contributed by atoms with Crippen LogP contribution < -0.4 is 10.6 Å². The molecule has 136 valence electrons. The molecule has 2 N–H and O–H groups in total. The van der Waals surface area contributed by atoms with Gasteiger partial charge >= 0.3 is 5.97 Å². The maximum atomic E-state index is 11.3. The van der Waals surface area contributed by atoms with Crippen LogP contribution in [0, 0.1) is 0 Å². The first kappa shape index (κ1) is 20.0. The number of ether oxygens (including phenoxy) is 1. The molecule has 0 bridgehead atoms. The molecule has 0 atom stereocenters. The van der Waals surface area contributed by atoms with Crippen LogP contribution in [0.4, 0.5) is 0 Å². The molecule has 1 aromatic heterocycles. The molecule has 1 rings (SSSR count). The smallest absolute Gasteiger partial charge is 0.305 e. The van der Waals surface area contributed by atoms with E-state index in [1.165, 1.54) is 0 Å². The Bertz CT molecular complexity index is 532. The van der Waals surface area contributed by atoms with Crippen molar-refractivity contribution in [1.29, 1.82) is 0 Å². The molecule has 0 saturated carbocycles. The lowest BCUT2D eigenvalue weighted by atomic mass is 9.94. The van der Waals surface area contributed by atoms with Crippen molar-refractivity contribution in [2.75, 3.05) is 19.7 Å². The zero-order valence-corrected chi connectivity index (χ0v) is 15.4. The molecule has 0 unspecified atom stereocenters. The Balaban J connectivity index is 2.47. The lowest BCUT2D eigenvalue weighted by molar-refractivity contribution is -0.143. The van der Waals surface area contributed by atoms with Gasteiger partial charge in [0.25, 0.3) is 0 Å². The van der Waals surface area contributed by atoms with Crippen molar-refractivity contribution < 1.29 is 13.9 Å². The van der Waals surface area contributed by atoms with Gasteiger partial charge in [-0.2, -0.15) is 0 Å². The Morgan fingerprint density at radius 3 is 2.67 bits per heavy atom. The van der Waals surface area contributed by atoms with Crippen LogP contribution in [-0.2, 0) is 21.5 Å². The molecular formula is C17H30N4O3. The Labute approximate surface area is 144 Å². The fourth-order valence-corrected chi connectivity index (χ4v) is 1.89. The molecule has 7 nitrogen and oxygen atoms in total. The molecule has 0 radical (unpaired) electrons. The number of esters is 1. The average molecular weight is 338 g/mol. The Kier molecular flexibility index (Phi) is 8.29. The first-order valence-corrected chi connectivity index (χ1v) is 8.49. The molecule has 0 spiro atoms. The minimum absolute atomic E-state index is 0.0647. The second-order valence-corrected chi connectivity index (χ2v) is 6.40. The molecule has 0 aliphatic rings. The van der Waals surface area contributed by atoms with Crippen LogP contribution in [0.25, 0.3) is 0 Å². The third-order valence-corrected chi connectivity index (χ3v) is 3.16. The summed E-state index contributed by atoms with van der Waals surface area (Å²) in [6.45, 7) is 12.2.